The van der Waals surface area contributed by atoms with Crippen molar-refractivity contribution in [1.29, 1.82) is 0 Å². The third-order valence-corrected chi connectivity index (χ3v) is 4.57. The molecule has 0 amide bonds. The molecule has 0 aromatic heterocycles. The molecule has 1 aromatic carbocycles. The molecule has 3 rings (SSSR count). The Bertz CT molecular complexity index is 569. The van der Waals surface area contributed by atoms with E-state index in [0.717, 1.165) is 32.0 Å². The Morgan fingerprint density at radius 2 is 1.76 bits per heavy atom. The van der Waals surface area contributed by atoms with E-state index in [9.17, 15) is 18.0 Å². The lowest BCUT2D eigenvalue weighted by Gasteiger charge is -2.50. The number of carbonyl (C=O) groups is 1. The van der Waals surface area contributed by atoms with Gasteiger partial charge in [0.05, 0.1) is 11.1 Å². The highest BCUT2D eigenvalue weighted by Crippen LogP contribution is 2.47. The number of hydrogen-bond donors (Lipinski definition) is 1. The van der Waals surface area contributed by atoms with E-state index >= 15 is 0 Å². The highest BCUT2D eigenvalue weighted by Gasteiger charge is 2.45. The zero-order valence-corrected chi connectivity index (χ0v) is 11.4. The fraction of sp³-hybridized carbons (Fsp3) is 0.533. The first-order valence-electron chi connectivity index (χ1n) is 7.00. The molecular formula is C15H16F3NO2. The minimum atomic E-state index is -4.53. The van der Waals surface area contributed by atoms with Gasteiger partial charge >= 0.3 is 12.1 Å². The van der Waals surface area contributed by atoms with Gasteiger partial charge in [-0.05, 0) is 31.0 Å². The molecule has 3 nitrogen and oxygen atoms in total. The van der Waals surface area contributed by atoms with E-state index in [1.54, 1.807) is 0 Å². The maximum Gasteiger partial charge on any atom is 0.416 e. The predicted molar refractivity (Wildman–Crippen MR) is 71.5 cm³/mol. The van der Waals surface area contributed by atoms with Crippen LogP contribution in [0.3, 0.4) is 0 Å². The van der Waals surface area contributed by atoms with Crippen molar-refractivity contribution < 1.29 is 23.1 Å². The molecule has 2 aliphatic rings. The Morgan fingerprint density at radius 1 is 1.14 bits per heavy atom. The summed E-state index contributed by atoms with van der Waals surface area (Å²) < 4.78 is 38.6. The minimum Gasteiger partial charge on any atom is -0.478 e. The van der Waals surface area contributed by atoms with Crippen LogP contribution in [0.4, 0.5) is 18.9 Å². The lowest BCUT2D eigenvalue weighted by atomic mass is 9.78. The molecule has 1 aliphatic heterocycles. The van der Waals surface area contributed by atoms with Crippen LogP contribution in [0.25, 0.3) is 0 Å². The summed E-state index contributed by atoms with van der Waals surface area (Å²) in [6.45, 7) is 1.46. The molecule has 0 unspecified atom stereocenters. The monoisotopic (exact) mass is 299 g/mol. The van der Waals surface area contributed by atoms with Crippen molar-refractivity contribution in [2.24, 2.45) is 5.41 Å². The zero-order valence-electron chi connectivity index (χ0n) is 11.4. The van der Waals surface area contributed by atoms with E-state index < -0.39 is 17.7 Å². The van der Waals surface area contributed by atoms with Gasteiger partial charge in [0.2, 0.25) is 0 Å². The van der Waals surface area contributed by atoms with Gasteiger partial charge in [-0.25, -0.2) is 4.79 Å². The number of nitrogens with zero attached hydrogens (tertiary/aromatic N) is 1. The van der Waals surface area contributed by atoms with Gasteiger partial charge in [0, 0.05) is 24.2 Å². The number of benzene rings is 1. The maximum absolute atomic E-state index is 12.9. The second kappa shape index (κ2) is 4.64. The highest BCUT2D eigenvalue weighted by molar-refractivity contribution is 5.89. The molecule has 0 atom stereocenters. The Hall–Kier alpha value is -1.72. The third-order valence-electron chi connectivity index (χ3n) is 4.57. The average Bonchev–Trinajstić information content (AvgIpc) is 2.84. The van der Waals surface area contributed by atoms with Crippen molar-refractivity contribution in [2.75, 3.05) is 18.0 Å². The second-order valence-corrected chi connectivity index (χ2v) is 6.13. The quantitative estimate of drug-likeness (QED) is 0.903. The molecule has 114 valence electrons. The molecule has 1 aromatic rings. The van der Waals surface area contributed by atoms with Gasteiger partial charge in [-0.2, -0.15) is 13.2 Å². The first kappa shape index (κ1) is 14.2. The average molecular weight is 299 g/mol. The van der Waals surface area contributed by atoms with E-state index in [1.807, 2.05) is 4.90 Å². The van der Waals surface area contributed by atoms with Gasteiger partial charge in [-0.3, -0.25) is 0 Å². The highest BCUT2D eigenvalue weighted by atomic mass is 19.4. The Morgan fingerprint density at radius 3 is 2.29 bits per heavy atom. The summed E-state index contributed by atoms with van der Waals surface area (Å²) in [6.07, 6.45) is 0.0617. The van der Waals surface area contributed by atoms with Gasteiger partial charge in [-0.1, -0.05) is 12.8 Å². The van der Waals surface area contributed by atoms with Crippen molar-refractivity contribution in [3.63, 3.8) is 0 Å². The Balaban J connectivity index is 1.88. The summed E-state index contributed by atoms with van der Waals surface area (Å²) in [7, 11) is 0. The Labute approximate surface area is 120 Å². The summed E-state index contributed by atoms with van der Waals surface area (Å²) in [5, 5.41) is 8.99. The van der Waals surface area contributed by atoms with E-state index in [2.05, 4.69) is 0 Å². The van der Waals surface area contributed by atoms with E-state index in [4.69, 9.17) is 5.11 Å². The number of rotatable bonds is 2. The molecule has 1 saturated heterocycles. The van der Waals surface area contributed by atoms with Gasteiger partial charge in [0.15, 0.2) is 0 Å². The van der Waals surface area contributed by atoms with E-state index in [0.29, 0.717) is 11.8 Å². The molecule has 21 heavy (non-hydrogen) atoms. The third kappa shape index (κ3) is 2.59. The number of hydrogen-bond acceptors (Lipinski definition) is 2. The fourth-order valence-corrected chi connectivity index (χ4v) is 3.47. The number of anilines is 1. The van der Waals surface area contributed by atoms with Crippen LogP contribution in [0.15, 0.2) is 18.2 Å². The van der Waals surface area contributed by atoms with Gasteiger partial charge in [0.1, 0.15) is 0 Å². The molecule has 0 radical (unpaired) electrons. The van der Waals surface area contributed by atoms with Crippen LogP contribution in [0.2, 0.25) is 0 Å². The van der Waals surface area contributed by atoms with Crippen LogP contribution in [0.5, 0.6) is 0 Å². The summed E-state index contributed by atoms with van der Waals surface area (Å²) in [5.41, 5.74) is -0.603. The first-order chi connectivity index (χ1) is 9.79. The molecule has 1 N–H and O–H groups in total. The van der Waals surface area contributed by atoms with E-state index in [1.165, 1.54) is 18.9 Å². The lowest BCUT2D eigenvalue weighted by Crippen LogP contribution is -2.55. The Kier molecular flexibility index (Phi) is 3.15. The summed E-state index contributed by atoms with van der Waals surface area (Å²) >= 11 is 0. The summed E-state index contributed by atoms with van der Waals surface area (Å²) in [5.74, 6) is -1.33. The molecule has 1 aliphatic carbocycles. The molecule has 1 heterocycles. The van der Waals surface area contributed by atoms with Gasteiger partial charge in [-0.15, -0.1) is 0 Å². The number of carboxylic acids is 1. The zero-order chi connectivity index (χ0) is 15.3. The van der Waals surface area contributed by atoms with Crippen LogP contribution >= 0.6 is 0 Å². The molecule has 1 saturated carbocycles. The summed E-state index contributed by atoms with van der Waals surface area (Å²) in [4.78, 5) is 12.9. The summed E-state index contributed by atoms with van der Waals surface area (Å²) in [6, 6.07) is 3.07. The fourth-order valence-electron chi connectivity index (χ4n) is 3.47. The smallest absolute Gasteiger partial charge is 0.416 e. The standard InChI is InChI=1S/C15H16F3NO2/c16-15(17,18)11-5-10(13(20)21)6-12(7-11)19-8-14(9-19)3-1-2-4-14/h5-7H,1-4,8-9H2,(H,20,21). The van der Waals surface area contributed by atoms with Crippen molar-refractivity contribution in [1.82, 2.24) is 0 Å². The topological polar surface area (TPSA) is 40.5 Å². The van der Waals surface area contributed by atoms with Crippen LogP contribution < -0.4 is 4.90 Å². The predicted octanol–water partition coefficient (Wildman–Crippen LogP) is 3.78. The van der Waals surface area contributed by atoms with Crippen molar-refractivity contribution in [3.05, 3.63) is 29.3 Å². The number of carboxylic acid groups (broad SMARTS) is 1. The number of halogens is 3. The van der Waals surface area contributed by atoms with Crippen LogP contribution in [0, 0.1) is 5.41 Å². The molecule has 6 heteroatoms. The number of aromatic carboxylic acids is 1. The largest absolute Gasteiger partial charge is 0.478 e. The normalized spacial score (nSPS) is 20.6. The van der Waals surface area contributed by atoms with Crippen LogP contribution in [-0.2, 0) is 6.18 Å². The van der Waals surface area contributed by atoms with Crippen LogP contribution in [0.1, 0.15) is 41.6 Å². The maximum atomic E-state index is 12.9. The van der Waals surface area contributed by atoms with Crippen molar-refractivity contribution in [3.8, 4) is 0 Å². The van der Waals surface area contributed by atoms with Crippen LogP contribution in [-0.4, -0.2) is 24.2 Å². The van der Waals surface area contributed by atoms with Gasteiger partial charge < -0.3 is 10.0 Å². The van der Waals surface area contributed by atoms with E-state index in [-0.39, 0.29) is 11.0 Å². The van der Waals surface area contributed by atoms with Crippen molar-refractivity contribution in [2.45, 2.75) is 31.9 Å². The number of alkyl halides is 3. The first-order valence-corrected chi connectivity index (χ1v) is 7.00. The SMILES string of the molecule is O=C(O)c1cc(N2CC3(CCCC3)C2)cc(C(F)(F)F)c1. The molecule has 0 bridgehead atoms. The molecular weight excluding hydrogens is 283 g/mol. The lowest BCUT2D eigenvalue weighted by molar-refractivity contribution is -0.137. The van der Waals surface area contributed by atoms with Gasteiger partial charge in [0.25, 0.3) is 0 Å². The molecule has 2 fully saturated rings. The minimum absolute atomic E-state index is 0.248. The second-order valence-electron chi connectivity index (χ2n) is 6.13. The van der Waals surface area contributed by atoms with Crippen molar-refractivity contribution >= 4 is 11.7 Å². The molecule has 1 spiro atoms.